The summed E-state index contributed by atoms with van der Waals surface area (Å²) in [4.78, 5) is 1.92. The second-order valence-corrected chi connectivity index (χ2v) is 8.90. The van der Waals surface area contributed by atoms with E-state index in [1.807, 2.05) is 18.2 Å². The van der Waals surface area contributed by atoms with Gasteiger partial charge in [-0.1, -0.05) is 46.9 Å². The predicted molar refractivity (Wildman–Crippen MR) is 113 cm³/mol. The van der Waals surface area contributed by atoms with Gasteiger partial charge in [0.05, 0.1) is 0 Å². The molecule has 0 saturated heterocycles. The minimum atomic E-state index is -0.317. The minimum absolute atomic E-state index is 0.00125. The van der Waals surface area contributed by atoms with E-state index in [4.69, 9.17) is 33.9 Å². The summed E-state index contributed by atoms with van der Waals surface area (Å²) in [5.41, 5.74) is 12.6. The summed E-state index contributed by atoms with van der Waals surface area (Å²) in [6.45, 7) is 0. The second-order valence-electron chi connectivity index (χ2n) is 5.22. The summed E-state index contributed by atoms with van der Waals surface area (Å²) in [5, 5.41) is 15.4. The Kier molecular flexibility index (Phi) is 8.15. The van der Waals surface area contributed by atoms with Crippen molar-refractivity contribution in [3.05, 3.63) is 58.4 Å². The molecule has 0 fully saturated rings. The fourth-order valence-electron chi connectivity index (χ4n) is 2.15. The van der Waals surface area contributed by atoms with Crippen molar-refractivity contribution in [2.75, 3.05) is 5.75 Å². The van der Waals surface area contributed by atoms with Crippen LogP contribution < -0.4 is 11.5 Å². The van der Waals surface area contributed by atoms with Crippen molar-refractivity contribution >= 4 is 57.2 Å². The maximum absolute atomic E-state index is 13.6. The van der Waals surface area contributed by atoms with Gasteiger partial charge in [0.1, 0.15) is 5.82 Å². The van der Waals surface area contributed by atoms with Crippen LogP contribution in [0.5, 0.6) is 0 Å². The molecular weight excluding hydrogens is 411 g/mol. The van der Waals surface area contributed by atoms with Gasteiger partial charge in [0, 0.05) is 26.3 Å². The zero-order valence-electron chi connectivity index (χ0n) is 13.7. The highest BCUT2D eigenvalue weighted by molar-refractivity contribution is 8.13. The van der Waals surface area contributed by atoms with Crippen molar-refractivity contribution in [3.8, 4) is 0 Å². The molecule has 6 N–H and O–H groups in total. The van der Waals surface area contributed by atoms with E-state index in [-0.39, 0.29) is 16.2 Å². The van der Waals surface area contributed by atoms with Crippen molar-refractivity contribution < 1.29 is 4.39 Å². The lowest BCUT2D eigenvalue weighted by Crippen LogP contribution is -2.05. The molecule has 26 heavy (non-hydrogen) atoms. The molecular formula is C17H18ClFN4S3. The van der Waals surface area contributed by atoms with E-state index in [2.05, 4.69) is 0 Å². The van der Waals surface area contributed by atoms with E-state index in [1.54, 1.807) is 6.07 Å². The molecule has 0 atom stereocenters. The molecule has 2 aromatic rings. The number of halogens is 2. The molecule has 0 bridgehead atoms. The van der Waals surface area contributed by atoms with E-state index in [0.717, 1.165) is 32.7 Å². The molecule has 2 aromatic carbocycles. The van der Waals surface area contributed by atoms with Gasteiger partial charge in [-0.2, -0.15) is 0 Å². The first-order valence-corrected chi connectivity index (χ1v) is 10.7. The Labute approximate surface area is 169 Å². The number of hydrogen-bond acceptors (Lipinski definition) is 5. The van der Waals surface area contributed by atoms with E-state index >= 15 is 0 Å². The molecule has 0 heterocycles. The van der Waals surface area contributed by atoms with Crippen LogP contribution in [0.25, 0.3) is 0 Å². The summed E-state index contributed by atoms with van der Waals surface area (Å²) < 4.78 is 13.6. The average Bonchev–Trinajstić information content (AvgIpc) is 2.56. The van der Waals surface area contributed by atoms with Crippen LogP contribution >= 0.6 is 46.9 Å². The predicted octanol–water partition coefficient (Wildman–Crippen LogP) is 4.93. The highest BCUT2D eigenvalue weighted by atomic mass is 35.5. The molecule has 0 aliphatic heterocycles. The van der Waals surface area contributed by atoms with E-state index in [0.29, 0.717) is 22.9 Å². The number of benzene rings is 2. The summed E-state index contributed by atoms with van der Waals surface area (Å²) >= 11 is 10.1. The standard InChI is InChI=1S/C17H18ClFN4S3/c18-12-1-3-14(10(7-12)5-6-24-16(20)21)26-15-4-2-13(19)8-11(15)9-25-17(22)23/h1-4,7-8H,5-6,9H2,(H3,20,21)(H3,22,23). The zero-order valence-corrected chi connectivity index (χ0v) is 16.9. The topological polar surface area (TPSA) is 99.7 Å². The molecule has 4 nitrogen and oxygen atoms in total. The Bertz CT molecular complexity index is 817. The Hall–Kier alpha value is -1.35. The number of rotatable bonds is 7. The third kappa shape index (κ3) is 6.75. The van der Waals surface area contributed by atoms with Gasteiger partial charge in [0.25, 0.3) is 0 Å². The molecule has 2 rings (SSSR count). The van der Waals surface area contributed by atoms with Crippen LogP contribution in [-0.4, -0.2) is 16.1 Å². The van der Waals surface area contributed by atoms with E-state index in [1.165, 1.54) is 35.7 Å². The fraction of sp³-hybridized carbons (Fsp3) is 0.176. The maximum atomic E-state index is 13.6. The van der Waals surface area contributed by atoms with Crippen LogP contribution in [0.3, 0.4) is 0 Å². The summed E-state index contributed by atoms with van der Waals surface area (Å²) in [6, 6.07) is 10.3. The van der Waals surface area contributed by atoms with Crippen molar-refractivity contribution in [3.63, 3.8) is 0 Å². The van der Waals surface area contributed by atoms with Crippen LogP contribution in [0.2, 0.25) is 5.02 Å². The lowest BCUT2D eigenvalue weighted by molar-refractivity contribution is 0.625. The monoisotopic (exact) mass is 428 g/mol. The molecule has 138 valence electrons. The van der Waals surface area contributed by atoms with Gasteiger partial charge in [-0.15, -0.1) is 0 Å². The van der Waals surface area contributed by atoms with Crippen LogP contribution in [0.15, 0.2) is 46.2 Å². The maximum Gasteiger partial charge on any atom is 0.151 e. The number of thioether (sulfide) groups is 2. The van der Waals surface area contributed by atoms with Crippen molar-refractivity contribution in [2.45, 2.75) is 22.0 Å². The fourth-order valence-corrected chi connectivity index (χ4v) is 4.59. The number of hydrogen-bond donors (Lipinski definition) is 4. The Morgan fingerprint density at radius 2 is 1.62 bits per heavy atom. The number of nitrogens with two attached hydrogens (primary N) is 2. The van der Waals surface area contributed by atoms with Crippen molar-refractivity contribution in [1.82, 2.24) is 0 Å². The highest BCUT2D eigenvalue weighted by Crippen LogP contribution is 2.36. The Morgan fingerprint density at radius 1 is 0.962 bits per heavy atom. The smallest absolute Gasteiger partial charge is 0.151 e. The lowest BCUT2D eigenvalue weighted by Gasteiger charge is -2.13. The SMILES string of the molecule is N=C(N)SCCc1cc(Cl)ccc1Sc1ccc(F)cc1CSC(=N)N. The summed E-state index contributed by atoms with van der Waals surface area (Å²) in [5.74, 6) is 0.792. The molecule has 0 aromatic heterocycles. The molecule has 0 amide bonds. The third-order valence-corrected chi connectivity index (χ3v) is 6.23. The van der Waals surface area contributed by atoms with Crippen LogP contribution in [-0.2, 0) is 12.2 Å². The number of aryl methyl sites for hydroxylation is 1. The summed E-state index contributed by atoms with van der Waals surface area (Å²) in [6.07, 6.45) is 0.714. The van der Waals surface area contributed by atoms with E-state index in [9.17, 15) is 4.39 Å². The Balaban J connectivity index is 2.24. The molecule has 0 saturated carbocycles. The van der Waals surface area contributed by atoms with Gasteiger partial charge >= 0.3 is 0 Å². The molecule has 0 aliphatic carbocycles. The summed E-state index contributed by atoms with van der Waals surface area (Å²) in [7, 11) is 0. The normalized spacial score (nSPS) is 10.7. The quantitative estimate of drug-likeness (QED) is 0.370. The molecule has 9 heteroatoms. The first kappa shape index (κ1) is 21.0. The van der Waals surface area contributed by atoms with Crippen molar-refractivity contribution in [2.24, 2.45) is 11.5 Å². The van der Waals surface area contributed by atoms with Gasteiger partial charge in [0.2, 0.25) is 0 Å². The highest BCUT2D eigenvalue weighted by Gasteiger charge is 2.11. The zero-order chi connectivity index (χ0) is 19.1. The van der Waals surface area contributed by atoms with Gasteiger partial charge in [0.15, 0.2) is 10.3 Å². The molecule has 0 unspecified atom stereocenters. The van der Waals surface area contributed by atoms with Gasteiger partial charge in [-0.25, -0.2) is 4.39 Å². The van der Waals surface area contributed by atoms with Crippen molar-refractivity contribution in [1.29, 1.82) is 10.8 Å². The largest absolute Gasteiger partial charge is 0.379 e. The van der Waals surface area contributed by atoms with E-state index < -0.39 is 0 Å². The first-order chi connectivity index (χ1) is 12.3. The number of nitrogens with one attached hydrogen (secondary N) is 2. The number of amidine groups is 2. The first-order valence-electron chi connectivity index (χ1n) is 7.53. The van der Waals surface area contributed by atoms with Crippen LogP contribution in [0.4, 0.5) is 4.39 Å². The lowest BCUT2D eigenvalue weighted by atomic mass is 10.2. The van der Waals surface area contributed by atoms with Crippen LogP contribution in [0, 0.1) is 16.6 Å². The third-order valence-electron chi connectivity index (χ3n) is 3.28. The molecule has 0 radical (unpaired) electrons. The van der Waals surface area contributed by atoms with Gasteiger partial charge in [-0.3, -0.25) is 10.8 Å². The van der Waals surface area contributed by atoms with Crippen LogP contribution in [0.1, 0.15) is 11.1 Å². The average molecular weight is 429 g/mol. The second kappa shape index (κ2) is 10.1. The van der Waals surface area contributed by atoms with Gasteiger partial charge < -0.3 is 11.5 Å². The molecule has 0 spiro atoms. The van der Waals surface area contributed by atoms with Gasteiger partial charge in [-0.05, 0) is 53.9 Å². The Morgan fingerprint density at radius 3 is 2.31 bits per heavy atom. The minimum Gasteiger partial charge on any atom is -0.379 e. The molecule has 0 aliphatic rings.